The van der Waals surface area contributed by atoms with E-state index in [-0.39, 0.29) is 5.63 Å². The molecule has 2 aromatic heterocycles. The van der Waals surface area contributed by atoms with Gasteiger partial charge in [-0.05, 0) is 50.2 Å². The van der Waals surface area contributed by atoms with E-state index in [1.807, 2.05) is 6.07 Å². The van der Waals surface area contributed by atoms with E-state index in [1.54, 1.807) is 0 Å². The average molecular weight is 280 g/mol. The molecule has 21 heavy (non-hydrogen) atoms. The van der Waals surface area contributed by atoms with Gasteiger partial charge in [0.05, 0.1) is 0 Å². The summed E-state index contributed by atoms with van der Waals surface area (Å²) in [5, 5.41) is 2.34. The molecular formula is C18H16O3. The van der Waals surface area contributed by atoms with Crippen molar-refractivity contribution in [3.8, 4) is 0 Å². The van der Waals surface area contributed by atoms with Crippen molar-refractivity contribution >= 4 is 21.9 Å². The second-order valence-electron chi connectivity index (χ2n) is 6.26. The van der Waals surface area contributed by atoms with Crippen LogP contribution >= 0.6 is 0 Å². The number of fused-ring (bicyclic) bond motifs is 6. The van der Waals surface area contributed by atoms with Crippen LogP contribution < -0.4 is 5.63 Å². The van der Waals surface area contributed by atoms with Crippen LogP contribution in [0.4, 0.5) is 0 Å². The molecule has 3 aromatic rings. The third-order valence-corrected chi connectivity index (χ3v) is 5.05. The van der Waals surface area contributed by atoms with Crippen LogP contribution in [0.2, 0.25) is 0 Å². The van der Waals surface area contributed by atoms with Crippen molar-refractivity contribution in [1.29, 1.82) is 0 Å². The lowest BCUT2D eigenvalue weighted by atomic mass is 9.95. The summed E-state index contributed by atoms with van der Waals surface area (Å²) in [7, 11) is 0. The highest BCUT2D eigenvalue weighted by Crippen LogP contribution is 2.36. The van der Waals surface area contributed by atoms with E-state index >= 15 is 0 Å². The zero-order valence-corrected chi connectivity index (χ0v) is 11.8. The highest BCUT2D eigenvalue weighted by molar-refractivity contribution is 5.97. The summed E-state index contributed by atoms with van der Waals surface area (Å²) in [4.78, 5) is 12.1. The average Bonchev–Trinajstić information content (AvgIpc) is 3.10. The predicted octanol–water partition coefficient (Wildman–Crippen LogP) is 3.91. The molecule has 0 amide bonds. The molecule has 0 spiro atoms. The maximum absolute atomic E-state index is 12.1. The van der Waals surface area contributed by atoms with Crippen LogP contribution in [0.1, 0.15) is 41.7 Å². The quantitative estimate of drug-likeness (QED) is 0.586. The molecule has 0 saturated heterocycles. The smallest absolute Gasteiger partial charge is 0.339 e. The molecule has 0 unspecified atom stereocenters. The van der Waals surface area contributed by atoms with Gasteiger partial charge in [-0.3, -0.25) is 0 Å². The van der Waals surface area contributed by atoms with Gasteiger partial charge in [-0.2, -0.15) is 0 Å². The Hall–Kier alpha value is -2.03. The Labute approximate surface area is 121 Å². The van der Waals surface area contributed by atoms with Crippen LogP contribution in [0.5, 0.6) is 0 Å². The fraction of sp³-hybridized carbons (Fsp3) is 0.389. The van der Waals surface area contributed by atoms with Gasteiger partial charge in [0.1, 0.15) is 16.9 Å². The van der Waals surface area contributed by atoms with E-state index in [4.69, 9.17) is 8.83 Å². The normalized spacial score (nSPS) is 17.3. The molecule has 5 rings (SSSR count). The molecule has 0 fully saturated rings. The zero-order valence-electron chi connectivity index (χ0n) is 11.8. The summed E-state index contributed by atoms with van der Waals surface area (Å²) >= 11 is 0. The van der Waals surface area contributed by atoms with Gasteiger partial charge >= 0.3 is 5.63 Å². The standard InChI is InChI=1S/C18H16O3/c19-18-12-6-3-5-10(12)13-8-14-11-4-1-2-7-15(11)20-16(14)9-17(13)21-18/h8-9H,1-7H2. The first-order chi connectivity index (χ1) is 10.3. The monoisotopic (exact) mass is 280 g/mol. The molecule has 2 aliphatic rings. The summed E-state index contributed by atoms with van der Waals surface area (Å²) in [5.74, 6) is 1.13. The van der Waals surface area contributed by atoms with Crippen molar-refractivity contribution in [2.45, 2.75) is 44.9 Å². The topological polar surface area (TPSA) is 43.4 Å². The summed E-state index contributed by atoms with van der Waals surface area (Å²) < 4.78 is 11.5. The second kappa shape index (κ2) is 4.00. The third-order valence-electron chi connectivity index (χ3n) is 5.05. The number of rotatable bonds is 0. The molecule has 0 atom stereocenters. The van der Waals surface area contributed by atoms with Crippen LogP contribution in [0.25, 0.3) is 21.9 Å². The van der Waals surface area contributed by atoms with Crippen molar-refractivity contribution in [2.75, 3.05) is 0 Å². The van der Waals surface area contributed by atoms with Crippen LogP contribution in [0.15, 0.2) is 25.8 Å². The Morgan fingerprint density at radius 2 is 1.43 bits per heavy atom. The van der Waals surface area contributed by atoms with Crippen molar-refractivity contribution < 1.29 is 8.83 Å². The Morgan fingerprint density at radius 3 is 2.38 bits per heavy atom. The molecule has 1 aromatic carbocycles. The van der Waals surface area contributed by atoms with Gasteiger partial charge in [0.15, 0.2) is 0 Å². The van der Waals surface area contributed by atoms with Crippen LogP contribution in [0.3, 0.4) is 0 Å². The van der Waals surface area contributed by atoms with Crippen molar-refractivity contribution in [1.82, 2.24) is 0 Å². The van der Waals surface area contributed by atoms with Crippen LogP contribution in [-0.4, -0.2) is 0 Å². The Bertz CT molecular complexity index is 943. The highest BCUT2D eigenvalue weighted by Gasteiger charge is 2.23. The van der Waals surface area contributed by atoms with E-state index in [0.29, 0.717) is 5.58 Å². The number of hydrogen-bond acceptors (Lipinski definition) is 3. The molecule has 3 heteroatoms. The lowest BCUT2D eigenvalue weighted by molar-refractivity contribution is 0.505. The second-order valence-corrected chi connectivity index (χ2v) is 6.26. The number of furan rings is 1. The lowest BCUT2D eigenvalue weighted by Gasteiger charge is -2.08. The Morgan fingerprint density at radius 1 is 0.714 bits per heavy atom. The van der Waals surface area contributed by atoms with Gasteiger partial charge in [-0.25, -0.2) is 4.79 Å². The van der Waals surface area contributed by atoms with Gasteiger partial charge in [0.25, 0.3) is 0 Å². The molecule has 2 aliphatic carbocycles. The largest absolute Gasteiger partial charge is 0.461 e. The lowest BCUT2D eigenvalue weighted by Crippen LogP contribution is -2.06. The molecule has 0 N–H and O–H groups in total. The molecule has 0 bridgehead atoms. The van der Waals surface area contributed by atoms with E-state index in [1.165, 1.54) is 29.4 Å². The van der Waals surface area contributed by atoms with Crippen molar-refractivity contribution in [3.05, 3.63) is 45.0 Å². The van der Waals surface area contributed by atoms with Crippen molar-refractivity contribution in [2.24, 2.45) is 0 Å². The maximum Gasteiger partial charge on any atom is 0.339 e. The SMILES string of the molecule is O=c1oc2cc3oc4c(c3cc2c2c1CCC2)CCCC4. The number of hydrogen-bond donors (Lipinski definition) is 0. The number of aryl methyl sites for hydroxylation is 3. The van der Waals surface area contributed by atoms with Gasteiger partial charge in [-0.1, -0.05) is 0 Å². The first kappa shape index (κ1) is 11.6. The molecule has 2 heterocycles. The molecule has 0 saturated carbocycles. The first-order valence-electron chi connectivity index (χ1n) is 7.84. The summed E-state index contributed by atoms with van der Waals surface area (Å²) in [6.07, 6.45) is 7.48. The molecular weight excluding hydrogens is 264 g/mol. The van der Waals surface area contributed by atoms with E-state index in [0.717, 1.165) is 54.4 Å². The summed E-state index contributed by atoms with van der Waals surface area (Å²) in [6, 6.07) is 4.12. The minimum atomic E-state index is -0.161. The van der Waals surface area contributed by atoms with Crippen molar-refractivity contribution in [3.63, 3.8) is 0 Å². The molecule has 0 aliphatic heterocycles. The summed E-state index contributed by atoms with van der Waals surface area (Å²) in [5.41, 5.74) is 4.85. The summed E-state index contributed by atoms with van der Waals surface area (Å²) in [6.45, 7) is 0. The first-order valence-corrected chi connectivity index (χ1v) is 7.84. The van der Waals surface area contributed by atoms with E-state index in [9.17, 15) is 4.79 Å². The predicted molar refractivity (Wildman–Crippen MR) is 80.9 cm³/mol. The van der Waals surface area contributed by atoms with Gasteiger partial charge in [0, 0.05) is 34.4 Å². The number of benzene rings is 1. The van der Waals surface area contributed by atoms with Crippen LogP contribution in [0, 0.1) is 0 Å². The van der Waals surface area contributed by atoms with E-state index in [2.05, 4.69) is 6.07 Å². The Kier molecular flexibility index (Phi) is 2.21. The molecule has 106 valence electrons. The molecule has 3 nitrogen and oxygen atoms in total. The highest BCUT2D eigenvalue weighted by atomic mass is 16.4. The minimum Gasteiger partial charge on any atom is -0.461 e. The van der Waals surface area contributed by atoms with Crippen LogP contribution in [-0.2, 0) is 25.7 Å². The van der Waals surface area contributed by atoms with Gasteiger partial charge in [0.2, 0.25) is 0 Å². The third kappa shape index (κ3) is 1.52. The minimum absolute atomic E-state index is 0.161. The fourth-order valence-corrected chi connectivity index (χ4v) is 4.04. The molecule has 0 radical (unpaired) electrons. The zero-order chi connectivity index (χ0) is 14.0. The Balaban J connectivity index is 1.92. The maximum atomic E-state index is 12.1. The van der Waals surface area contributed by atoms with E-state index < -0.39 is 0 Å². The van der Waals surface area contributed by atoms with Gasteiger partial charge < -0.3 is 8.83 Å². The fourth-order valence-electron chi connectivity index (χ4n) is 4.04. The van der Waals surface area contributed by atoms with Gasteiger partial charge in [-0.15, -0.1) is 0 Å².